The summed E-state index contributed by atoms with van der Waals surface area (Å²) >= 11 is 0. The van der Waals surface area contributed by atoms with Gasteiger partial charge in [-0.05, 0) is 51.3 Å². The van der Waals surface area contributed by atoms with E-state index in [9.17, 15) is 24.0 Å². The number of carbonyl (C=O) groups is 5. The van der Waals surface area contributed by atoms with Crippen LogP contribution in [-0.2, 0) is 30.5 Å². The third-order valence-electron chi connectivity index (χ3n) is 5.92. The number of nitrogens with zero attached hydrogens (tertiary/aromatic N) is 2. The van der Waals surface area contributed by atoms with Gasteiger partial charge in [0.05, 0.1) is 18.1 Å². The number of methoxy groups -OCH3 is 1. The molecule has 0 spiro atoms. The summed E-state index contributed by atoms with van der Waals surface area (Å²) in [5, 5.41) is 7.49. The fourth-order valence-electron chi connectivity index (χ4n) is 4.02. The van der Waals surface area contributed by atoms with E-state index >= 15 is 0 Å². The molecule has 13 nitrogen and oxygen atoms in total. The van der Waals surface area contributed by atoms with Gasteiger partial charge in [0, 0.05) is 11.1 Å². The lowest BCUT2D eigenvalue weighted by molar-refractivity contribution is -0.147. The molecule has 0 bridgehead atoms. The highest BCUT2D eigenvalue weighted by atomic mass is 16.6. The highest BCUT2D eigenvalue weighted by Crippen LogP contribution is 2.23. The molecule has 0 aliphatic rings. The quantitative estimate of drug-likeness (QED) is 0.169. The summed E-state index contributed by atoms with van der Waals surface area (Å²) in [6.07, 6.45) is -1.23. The Hall–Kier alpha value is -4.94. The van der Waals surface area contributed by atoms with Crippen LogP contribution in [-0.4, -0.2) is 64.7 Å². The minimum absolute atomic E-state index is 0.0153. The van der Waals surface area contributed by atoms with Crippen molar-refractivity contribution in [2.24, 2.45) is 5.92 Å². The molecule has 1 unspecified atom stereocenters. The molecule has 3 aromatic rings. The lowest BCUT2D eigenvalue weighted by Crippen LogP contribution is -2.49. The van der Waals surface area contributed by atoms with Crippen molar-refractivity contribution in [3.63, 3.8) is 0 Å². The summed E-state index contributed by atoms with van der Waals surface area (Å²) in [5.41, 5.74) is 0.963. The van der Waals surface area contributed by atoms with Crippen LogP contribution in [0.3, 0.4) is 0 Å². The molecule has 3 rings (SSSR count). The van der Waals surface area contributed by atoms with Gasteiger partial charge in [0.2, 0.25) is 11.9 Å². The topological polar surface area (TPSA) is 167 Å². The monoisotopic (exact) mass is 595 g/mol. The number of hydrogen-bond donors (Lipinski definition) is 3. The molecule has 0 fully saturated rings. The number of anilines is 1. The number of carbonyl (C=O) groups excluding carboxylic acids is 5. The molecule has 0 aliphatic heterocycles. The number of hydrogen-bond acceptors (Lipinski definition) is 9. The largest absolute Gasteiger partial charge is 0.453 e. The lowest BCUT2D eigenvalue weighted by atomic mass is 10.0. The summed E-state index contributed by atoms with van der Waals surface area (Å²) in [4.78, 5) is 66.8. The number of nitrogens with one attached hydrogen (secondary N) is 3. The van der Waals surface area contributed by atoms with Crippen LogP contribution in [0.15, 0.2) is 48.5 Å². The van der Waals surface area contributed by atoms with Crippen LogP contribution in [0.25, 0.3) is 11.0 Å². The van der Waals surface area contributed by atoms with Crippen LogP contribution in [0.1, 0.15) is 57.0 Å². The van der Waals surface area contributed by atoms with E-state index in [0.29, 0.717) is 28.6 Å². The molecule has 0 aliphatic carbocycles. The molecule has 230 valence electrons. The van der Waals surface area contributed by atoms with Crippen LogP contribution in [0.2, 0.25) is 0 Å². The highest BCUT2D eigenvalue weighted by Gasteiger charge is 2.26. The summed E-state index contributed by atoms with van der Waals surface area (Å²) in [5.74, 6) is -1.49. The van der Waals surface area contributed by atoms with Crippen molar-refractivity contribution in [1.29, 1.82) is 0 Å². The highest BCUT2D eigenvalue weighted by molar-refractivity contribution is 6.10. The summed E-state index contributed by atoms with van der Waals surface area (Å²) in [6.45, 7) is 8.05. The molecular weight excluding hydrogens is 558 g/mol. The van der Waals surface area contributed by atoms with Crippen LogP contribution in [0.5, 0.6) is 0 Å². The smallest absolute Gasteiger partial charge is 0.413 e. The average Bonchev–Trinajstić information content (AvgIpc) is 3.28. The van der Waals surface area contributed by atoms with E-state index in [1.54, 1.807) is 63.2 Å². The average molecular weight is 596 g/mol. The molecule has 43 heavy (non-hydrogen) atoms. The fraction of sp³-hybridized carbons (Fsp3) is 0.400. The number of alkyl carbamates (subject to hydrolysis) is 1. The van der Waals surface area contributed by atoms with Crippen molar-refractivity contribution < 1.29 is 38.2 Å². The third-order valence-corrected chi connectivity index (χ3v) is 5.92. The SMILES string of the molecule is COC(=O)Nc1nc2cc(C(=O)c3ccccc3)ccc2n1COC(=O)CNC(=O)C(CC(C)C)NC(=O)OC(C)(C)C. The number of amides is 3. The molecule has 0 saturated heterocycles. The van der Waals surface area contributed by atoms with Gasteiger partial charge in [-0.1, -0.05) is 44.2 Å². The Balaban J connectivity index is 1.71. The molecular formula is C30H37N5O8. The van der Waals surface area contributed by atoms with E-state index in [0.717, 1.165) is 0 Å². The maximum absolute atomic E-state index is 12.9. The zero-order valence-electron chi connectivity index (χ0n) is 25.1. The predicted octanol–water partition coefficient (Wildman–Crippen LogP) is 4.00. The van der Waals surface area contributed by atoms with E-state index in [1.807, 2.05) is 19.9 Å². The van der Waals surface area contributed by atoms with Crippen molar-refractivity contribution in [3.05, 3.63) is 59.7 Å². The Morgan fingerprint density at radius 3 is 2.28 bits per heavy atom. The van der Waals surface area contributed by atoms with Crippen molar-refractivity contribution >= 4 is 46.8 Å². The van der Waals surface area contributed by atoms with E-state index in [4.69, 9.17) is 9.47 Å². The number of esters is 1. The molecule has 1 heterocycles. The maximum Gasteiger partial charge on any atom is 0.413 e. The number of aromatic nitrogens is 2. The van der Waals surface area contributed by atoms with Gasteiger partial charge in [-0.15, -0.1) is 0 Å². The minimum Gasteiger partial charge on any atom is -0.453 e. The Labute approximate surface area is 249 Å². The van der Waals surface area contributed by atoms with E-state index in [2.05, 4.69) is 25.7 Å². The molecule has 1 atom stereocenters. The number of benzene rings is 2. The van der Waals surface area contributed by atoms with E-state index in [1.165, 1.54) is 11.7 Å². The van der Waals surface area contributed by atoms with Crippen LogP contribution in [0.4, 0.5) is 15.5 Å². The Morgan fingerprint density at radius 2 is 1.65 bits per heavy atom. The molecule has 3 amide bonds. The number of rotatable bonds is 11. The zero-order valence-corrected chi connectivity index (χ0v) is 25.1. The summed E-state index contributed by atoms with van der Waals surface area (Å²) in [6, 6.07) is 12.6. The van der Waals surface area contributed by atoms with Gasteiger partial charge in [-0.3, -0.25) is 24.3 Å². The van der Waals surface area contributed by atoms with E-state index in [-0.39, 0.29) is 24.4 Å². The third kappa shape index (κ3) is 9.55. The number of ether oxygens (including phenoxy) is 3. The van der Waals surface area contributed by atoms with Gasteiger partial charge in [-0.25, -0.2) is 14.6 Å². The van der Waals surface area contributed by atoms with Gasteiger partial charge < -0.3 is 24.8 Å². The van der Waals surface area contributed by atoms with Crippen molar-refractivity contribution in [2.75, 3.05) is 19.0 Å². The van der Waals surface area contributed by atoms with Crippen molar-refractivity contribution in [1.82, 2.24) is 20.2 Å². The molecule has 1 aromatic heterocycles. The van der Waals surface area contributed by atoms with Gasteiger partial charge in [0.1, 0.15) is 18.2 Å². The van der Waals surface area contributed by atoms with Gasteiger partial charge in [0.25, 0.3) is 0 Å². The van der Waals surface area contributed by atoms with Crippen LogP contribution >= 0.6 is 0 Å². The predicted molar refractivity (Wildman–Crippen MR) is 157 cm³/mol. The van der Waals surface area contributed by atoms with Crippen LogP contribution in [0, 0.1) is 5.92 Å². The molecule has 2 aromatic carbocycles. The Morgan fingerprint density at radius 1 is 0.953 bits per heavy atom. The Bertz CT molecular complexity index is 1480. The second kappa shape index (κ2) is 14.3. The van der Waals surface area contributed by atoms with Crippen molar-refractivity contribution in [3.8, 4) is 0 Å². The molecule has 0 saturated carbocycles. The second-order valence-electron chi connectivity index (χ2n) is 11.1. The second-order valence-corrected chi connectivity index (χ2v) is 11.1. The normalized spacial score (nSPS) is 11.9. The first-order valence-corrected chi connectivity index (χ1v) is 13.6. The summed E-state index contributed by atoms with van der Waals surface area (Å²) < 4.78 is 16.7. The van der Waals surface area contributed by atoms with E-state index < -0.39 is 42.3 Å². The van der Waals surface area contributed by atoms with Gasteiger partial charge in [-0.2, -0.15) is 0 Å². The Kier molecular flexibility index (Phi) is 10.8. The zero-order chi connectivity index (χ0) is 31.7. The lowest BCUT2D eigenvalue weighted by Gasteiger charge is -2.24. The van der Waals surface area contributed by atoms with Crippen molar-refractivity contribution in [2.45, 2.75) is 59.4 Å². The first kappa shape index (κ1) is 32.6. The number of imidazole rings is 1. The molecule has 3 N–H and O–H groups in total. The fourth-order valence-corrected chi connectivity index (χ4v) is 4.02. The van der Waals surface area contributed by atoms with Gasteiger partial charge in [0.15, 0.2) is 12.5 Å². The number of fused-ring (bicyclic) bond motifs is 1. The van der Waals surface area contributed by atoms with Crippen LogP contribution < -0.4 is 16.0 Å². The van der Waals surface area contributed by atoms with Gasteiger partial charge >= 0.3 is 18.2 Å². The number of ketones is 1. The maximum atomic E-state index is 12.9. The molecule has 13 heteroatoms. The summed E-state index contributed by atoms with van der Waals surface area (Å²) in [7, 11) is 1.19. The first-order chi connectivity index (χ1) is 20.3. The first-order valence-electron chi connectivity index (χ1n) is 13.6. The standard InChI is InChI=1S/C30H37N5O8/c1-18(2)14-22(33-29(40)43-30(3,4)5)26(38)31-16-24(36)42-17-35-23-13-12-20(25(37)19-10-8-7-9-11-19)15-21(23)32-27(35)34-28(39)41-6/h7-13,15,18,22H,14,16-17H2,1-6H3,(H,31,38)(H,33,40)(H,32,34,39). The minimum atomic E-state index is -0.927. The molecule has 0 radical (unpaired) electrons.